The lowest BCUT2D eigenvalue weighted by atomic mass is 9.85. The topological polar surface area (TPSA) is 64.7 Å². The third-order valence-corrected chi connectivity index (χ3v) is 5.60. The van der Waals surface area contributed by atoms with Gasteiger partial charge in [-0.1, -0.05) is 24.3 Å². The van der Waals surface area contributed by atoms with Crippen LogP contribution in [0, 0.1) is 36.5 Å². The summed E-state index contributed by atoms with van der Waals surface area (Å²) in [5.74, 6) is 0.607. The van der Waals surface area contributed by atoms with Gasteiger partial charge in [-0.15, -0.1) is 0 Å². The molecular formula is C23H20N2O. The summed E-state index contributed by atoms with van der Waals surface area (Å²) in [6.07, 6.45) is 4.30. The van der Waals surface area contributed by atoms with E-state index in [4.69, 9.17) is 0 Å². The highest BCUT2D eigenvalue weighted by molar-refractivity contribution is 6.14. The first-order chi connectivity index (χ1) is 12.6. The number of hydrogen-bond acceptors (Lipinski definition) is 3. The van der Waals surface area contributed by atoms with Crippen LogP contribution in [0.1, 0.15) is 86.8 Å². The van der Waals surface area contributed by atoms with E-state index in [2.05, 4.69) is 12.1 Å². The van der Waals surface area contributed by atoms with Gasteiger partial charge in [0.05, 0.1) is 11.1 Å². The maximum atomic E-state index is 13.5. The van der Waals surface area contributed by atoms with Crippen molar-refractivity contribution >= 4 is 5.78 Å². The van der Waals surface area contributed by atoms with Gasteiger partial charge in [-0.3, -0.25) is 4.79 Å². The molecule has 0 spiro atoms. The molecule has 0 aliphatic heterocycles. The van der Waals surface area contributed by atoms with Gasteiger partial charge in [-0.05, 0) is 73.6 Å². The maximum absolute atomic E-state index is 13.5. The molecule has 2 fully saturated rings. The Morgan fingerprint density at radius 3 is 1.50 bits per heavy atom. The molecule has 0 atom stereocenters. The number of benzene rings is 2. The molecule has 0 N–H and O–H groups in total. The standard InChI is InChI=1S/C23H20N2O/c1-13-3-9-17(15-5-6-15)19(11-24)21(13)23(26)22-14(2)4-10-18(16-7-8-16)20(22)12-25/h3-4,9-10,15-16H,5-8H2,1-2H3. The number of carbonyl (C=O) groups is 1. The van der Waals surface area contributed by atoms with Crippen LogP contribution in [0.4, 0.5) is 0 Å². The Bertz CT molecular complexity index is 930. The van der Waals surface area contributed by atoms with Crippen molar-refractivity contribution < 1.29 is 4.79 Å². The summed E-state index contributed by atoms with van der Waals surface area (Å²) < 4.78 is 0. The molecule has 0 heterocycles. The van der Waals surface area contributed by atoms with Crippen LogP contribution < -0.4 is 0 Å². The Balaban J connectivity index is 1.93. The minimum Gasteiger partial charge on any atom is -0.288 e. The zero-order valence-corrected chi connectivity index (χ0v) is 15.1. The van der Waals surface area contributed by atoms with E-state index in [0.29, 0.717) is 34.1 Å². The summed E-state index contributed by atoms with van der Waals surface area (Å²) in [6.45, 7) is 3.74. The fraction of sp³-hybridized carbons (Fsp3) is 0.348. The number of ketones is 1. The van der Waals surface area contributed by atoms with Crippen LogP contribution in [0.25, 0.3) is 0 Å². The van der Waals surface area contributed by atoms with Crippen molar-refractivity contribution in [2.75, 3.05) is 0 Å². The molecule has 128 valence electrons. The first-order valence-corrected chi connectivity index (χ1v) is 9.18. The molecule has 0 unspecified atom stereocenters. The monoisotopic (exact) mass is 340 g/mol. The molecule has 0 bridgehead atoms. The third kappa shape index (κ3) is 2.61. The molecule has 2 aliphatic rings. The van der Waals surface area contributed by atoms with Gasteiger partial charge in [0.2, 0.25) is 0 Å². The lowest BCUT2D eigenvalue weighted by molar-refractivity contribution is 0.103. The first kappa shape index (κ1) is 16.6. The number of nitrogens with zero attached hydrogens (tertiary/aromatic N) is 2. The van der Waals surface area contributed by atoms with Crippen LogP contribution in [0.2, 0.25) is 0 Å². The number of hydrogen-bond donors (Lipinski definition) is 0. The Morgan fingerprint density at radius 2 is 1.19 bits per heavy atom. The second-order valence-electron chi connectivity index (χ2n) is 7.54. The normalized spacial score (nSPS) is 16.0. The van der Waals surface area contributed by atoms with Gasteiger partial charge in [0.15, 0.2) is 5.78 Å². The minimum absolute atomic E-state index is 0.182. The predicted octanol–water partition coefficient (Wildman–Crippen LogP) is 5.03. The van der Waals surface area contributed by atoms with E-state index in [1.54, 1.807) is 0 Å². The summed E-state index contributed by atoms with van der Waals surface area (Å²) in [5, 5.41) is 19.6. The molecule has 2 saturated carbocycles. The third-order valence-electron chi connectivity index (χ3n) is 5.60. The van der Waals surface area contributed by atoms with E-state index in [0.717, 1.165) is 47.9 Å². The summed E-state index contributed by atoms with van der Waals surface area (Å²) in [5.41, 5.74) is 5.52. The molecule has 3 heteroatoms. The average molecular weight is 340 g/mol. The maximum Gasteiger partial charge on any atom is 0.196 e. The molecule has 4 rings (SSSR count). The largest absolute Gasteiger partial charge is 0.288 e. The lowest BCUT2D eigenvalue weighted by Crippen LogP contribution is -2.13. The summed E-state index contributed by atoms with van der Waals surface area (Å²) in [7, 11) is 0. The Hall–Kier alpha value is -2.91. The van der Waals surface area contributed by atoms with Crippen molar-refractivity contribution in [2.24, 2.45) is 0 Å². The number of aryl methyl sites for hydroxylation is 2. The smallest absolute Gasteiger partial charge is 0.196 e. The van der Waals surface area contributed by atoms with Crippen LogP contribution in [0.3, 0.4) is 0 Å². The van der Waals surface area contributed by atoms with Crippen LogP contribution in [-0.4, -0.2) is 5.78 Å². The van der Waals surface area contributed by atoms with Gasteiger partial charge in [-0.25, -0.2) is 0 Å². The van der Waals surface area contributed by atoms with Crippen molar-refractivity contribution in [1.29, 1.82) is 10.5 Å². The highest BCUT2D eigenvalue weighted by Crippen LogP contribution is 2.44. The van der Waals surface area contributed by atoms with E-state index in [-0.39, 0.29) is 5.78 Å². The molecule has 0 aromatic heterocycles. The van der Waals surface area contributed by atoms with Crippen molar-refractivity contribution in [3.63, 3.8) is 0 Å². The number of rotatable bonds is 4. The quantitative estimate of drug-likeness (QED) is 0.733. The van der Waals surface area contributed by atoms with Crippen molar-refractivity contribution in [3.8, 4) is 12.1 Å². The van der Waals surface area contributed by atoms with Gasteiger partial charge < -0.3 is 0 Å². The zero-order valence-electron chi connectivity index (χ0n) is 15.1. The Labute approximate surface area is 153 Å². The molecule has 26 heavy (non-hydrogen) atoms. The SMILES string of the molecule is Cc1ccc(C2CC2)c(C#N)c1C(=O)c1c(C)ccc(C2CC2)c1C#N. The van der Waals surface area contributed by atoms with Gasteiger partial charge in [-0.2, -0.15) is 10.5 Å². The summed E-state index contributed by atoms with van der Waals surface area (Å²) >= 11 is 0. The van der Waals surface area contributed by atoms with Gasteiger partial charge in [0, 0.05) is 11.1 Å². The van der Waals surface area contributed by atoms with E-state index in [9.17, 15) is 15.3 Å². The van der Waals surface area contributed by atoms with Crippen LogP contribution >= 0.6 is 0 Å². The van der Waals surface area contributed by atoms with E-state index >= 15 is 0 Å². The lowest BCUT2D eigenvalue weighted by Gasteiger charge is -2.15. The molecule has 0 saturated heterocycles. The van der Waals surface area contributed by atoms with Crippen LogP contribution in [-0.2, 0) is 0 Å². The molecular weight excluding hydrogens is 320 g/mol. The minimum atomic E-state index is -0.182. The highest BCUT2D eigenvalue weighted by Gasteiger charge is 2.33. The molecule has 2 aliphatic carbocycles. The van der Waals surface area contributed by atoms with Gasteiger partial charge in [0.25, 0.3) is 0 Å². The Morgan fingerprint density at radius 1 is 0.808 bits per heavy atom. The molecule has 3 nitrogen and oxygen atoms in total. The van der Waals surface area contributed by atoms with E-state index in [1.165, 1.54) is 0 Å². The van der Waals surface area contributed by atoms with Crippen molar-refractivity contribution in [2.45, 2.75) is 51.4 Å². The fourth-order valence-corrected chi connectivity index (χ4v) is 3.87. The molecule has 2 aromatic carbocycles. The van der Waals surface area contributed by atoms with Gasteiger partial charge >= 0.3 is 0 Å². The second kappa shape index (κ2) is 6.11. The van der Waals surface area contributed by atoms with Crippen LogP contribution in [0.15, 0.2) is 24.3 Å². The number of nitriles is 2. The predicted molar refractivity (Wildman–Crippen MR) is 99.2 cm³/mol. The highest BCUT2D eigenvalue weighted by atomic mass is 16.1. The fourth-order valence-electron chi connectivity index (χ4n) is 3.87. The average Bonchev–Trinajstić information content (AvgIpc) is 3.53. The summed E-state index contributed by atoms with van der Waals surface area (Å²) in [4.78, 5) is 13.5. The molecule has 0 radical (unpaired) electrons. The van der Waals surface area contributed by atoms with Crippen LogP contribution in [0.5, 0.6) is 0 Å². The van der Waals surface area contributed by atoms with Crippen molar-refractivity contribution in [3.05, 3.63) is 68.8 Å². The zero-order chi connectivity index (χ0) is 18.4. The second-order valence-corrected chi connectivity index (χ2v) is 7.54. The first-order valence-electron chi connectivity index (χ1n) is 9.18. The number of carbonyl (C=O) groups excluding carboxylic acids is 1. The van der Waals surface area contributed by atoms with E-state index < -0.39 is 0 Å². The molecule has 2 aromatic rings. The molecule has 0 amide bonds. The van der Waals surface area contributed by atoms with E-state index in [1.807, 2.05) is 38.1 Å². The summed E-state index contributed by atoms with van der Waals surface area (Å²) in [6, 6.07) is 12.4. The van der Waals surface area contributed by atoms with Crippen molar-refractivity contribution in [1.82, 2.24) is 0 Å². The Kier molecular flexibility index (Phi) is 3.89. The van der Waals surface area contributed by atoms with Gasteiger partial charge in [0.1, 0.15) is 12.1 Å².